The predicted molar refractivity (Wildman–Crippen MR) is 99.7 cm³/mol. The summed E-state index contributed by atoms with van der Waals surface area (Å²) < 4.78 is 15.9. The Morgan fingerprint density at radius 2 is 1.78 bits per heavy atom. The van der Waals surface area contributed by atoms with Gasteiger partial charge in [0.2, 0.25) is 11.9 Å². The number of furan rings is 1. The smallest absolute Gasteiger partial charge is 0.375 e. The summed E-state index contributed by atoms with van der Waals surface area (Å²) >= 11 is 0. The molecule has 1 amide bonds. The van der Waals surface area contributed by atoms with Crippen LogP contribution in [0.3, 0.4) is 0 Å². The van der Waals surface area contributed by atoms with E-state index >= 15 is 0 Å². The van der Waals surface area contributed by atoms with Gasteiger partial charge < -0.3 is 19.2 Å². The standard InChI is InChI=1S/C21H19NO5/c1-14-11-12-18(26-14)21(24)27-19(15-7-4-3-5-8-15)20(23)22-16-9-6-10-17(13-16)25-2/h3-13,19H,1-2H3,(H,22,23). The van der Waals surface area contributed by atoms with Crippen LogP contribution in [0.25, 0.3) is 0 Å². The quantitative estimate of drug-likeness (QED) is 0.665. The van der Waals surface area contributed by atoms with Crippen LogP contribution < -0.4 is 10.1 Å². The number of amides is 1. The van der Waals surface area contributed by atoms with Gasteiger partial charge in [0, 0.05) is 17.3 Å². The molecule has 3 rings (SSSR count). The van der Waals surface area contributed by atoms with Crippen molar-refractivity contribution in [1.82, 2.24) is 0 Å². The van der Waals surface area contributed by atoms with Gasteiger partial charge in [0.15, 0.2) is 0 Å². The Morgan fingerprint density at radius 1 is 1.00 bits per heavy atom. The van der Waals surface area contributed by atoms with Gasteiger partial charge >= 0.3 is 5.97 Å². The molecule has 0 spiro atoms. The minimum Gasteiger partial charge on any atom is -0.497 e. The summed E-state index contributed by atoms with van der Waals surface area (Å²) in [5.41, 5.74) is 1.08. The van der Waals surface area contributed by atoms with Crippen LogP contribution >= 0.6 is 0 Å². The molecule has 0 fully saturated rings. The van der Waals surface area contributed by atoms with Crippen LogP contribution in [0.4, 0.5) is 5.69 Å². The van der Waals surface area contributed by atoms with Crippen molar-refractivity contribution in [2.75, 3.05) is 12.4 Å². The summed E-state index contributed by atoms with van der Waals surface area (Å²) in [6.07, 6.45) is -1.13. The number of carbonyl (C=O) groups is 2. The second-order valence-electron chi connectivity index (χ2n) is 5.83. The van der Waals surface area contributed by atoms with E-state index in [-0.39, 0.29) is 5.76 Å². The van der Waals surface area contributed by atoms with Gasteiger partial charge in [-0.25, -0.2) is 4.79 Å². The molecule has 138 valence electrons. The Kier molecular flexibility index (Phi) is 5.56. The fourth-order valence-corrected chi connectivity index (χ4v) is 2.52. The molecule has 0 radical (unpaired) electrons. The normalized spacial score (nSPS) is 11.5. The number of benzene rings is 2. The molecule has 1 N–H and O–H groups in total. The molecular weight excluding hydrogens is 346 g/mol. The maximum Gasteiger partial charge on any atom is 0.375 e. The van der Waals surface area contributed by atoms with Crippen molar-refractivity contribution in [3.05, 3.63) is 83.8 Å². The van der Waals surface area contributed by atoms with Crippen LogP contribution in [0, 0.1) is 6.92 Å². The van der Waals surface area contributed by atoms with Crippen LogP contribution in [0.2, 0.25) is 0 Å². The van der Waals surface area contributed by atoms with Gasteiger partial charge in [-0.3, -0.25) is 4.79 Å². The van der Waals surface area contributed by atoms with Crippen LogP contribution in [-0.2, 0) is 9.53 Å². The Balaban J connectivity index is 1.83. The molecule has 1 unspecified atom stereocenters. The van der Waals surface area contributed by atoms with Gasteiger partial charge in [-0.2, -0.15) is 0 Å². The number of ether oxygens (including phenoxy) is 2. The lowest BCUT2D eigenvalue weighted by Gasteiger charge is -2.17. The minimum atomic E-state index is -1.13. The summed E-state index contributed by atoms with van der Waals surface area (Å²) in [6, 6.07) is 18.9. The lowest BCUT2D eigenvalue weighted by atomic mass is 10.1. The maximum absolute atomic E-state index is 12.8. The molecule has 1 atom stereocenters. The topological polar surface area (TPSA) is 77.8 Å². The molecule has 0 aliphatic heterocycles. The van der Waals surface area contributed by atoms with Crippen LogP contribution in [-0.4, -0.2) is 19.0 Å². The van der Waals surface area contributed by atoms with E-state index in [4.69, 9.17) is 13.9 Å². The van der Waals surface area contributed by atoms with E-state index in [9.17, 15) is 9.59 Å². The molecule has 0 bridgehead atoms. The minimum absolute atomic E-state index is 0.0441. The summed E-state index contributed by atoms with van der Waals surface area (Å²) in [5.74, 6) is 0.0394. The van der Waals surface area contributed by atoms with E-state index in [0.717, 1.165) is 0 Å². The monoisotopic (exact) mass is 365 g/mol. The highest BCUT2D eigenvalue weighted by Gasteiger charge is 2.27. The van der Waals surface area contributed by atoms with Gasteiger partial charge in [-0.15, -0.1) is 0 Å². The molecule has 0 saturated carbocycles. The van der Waals surface area contributed by atoms with Gasteiger partial charge in [0.1, 0.15) is 11.5 Å². The lowest BCUT2D eigenvalue weighted by Crippen LogP contribution is -2.25. The van der Waals surface area contributed by atoms with E-state index in [2.05, 4.69) is 5.32 Å². The molecule has 3 aromatic rings. The molecule has 0 aliphatic carbocycles. The molecular formula is C21H19NO5. The van der Waals surface area contributed by atoms with Crippen LogP contribution in [0.1, 0.15) is 28.0 Å². The third-order valence-electron chi connectivity index (χ3n) is 3.84. The van der Waals surface area contributed by atoms with Crippen molar-refractivity contribution in [2.45, 2.75) is 13.0 Å². The summed E-state index contributed by atoms with van der Waals surface area (Å²) in [6.45, 7) is 1.72. The van der Waals surface area contributed by atoms with Crippen LogP contribution in [0.15, 0.2) is 71.1 Å². The predicted octanol–water partition coefficient (Wildman–Crippen LogP) is 4.13. The molecule has 6 nitrogen and oxygen atoms in total. The Morgan fingerprint density at radius 3 is 2.44 bits per heavy atom. The van der Waals surface area contributed by atoms with Crippen molar-refractivity contribution < 1.29 is 23.5 Å². The van der Waals surface area contributed by atoms with Gasteiger partial charge in [0.05, 0.1) is 7.11 Å². The number of esters is 1. The fourth-order valence-electron chi connectivity index (χ4n) is 2.52. The summed E-state index contributed by atoms with van der Waals surface area (Å²) in [4.78, 5) is 25.2. The van der Waals surface area contributed by atoms with Gasteiger partial charge in [0.25, 0.3) is 5.91 Å². The first-order chi connectivity index (χ1) is 13.1. The highest BCUT2D eigenvalue weighted by molar-refractivity contribution is 5.97. The van der Waals surface area contributed by atoms with Gasteiger partial charge in [-0.05, 0) is 31.2 Å². The molecule has 2 aromatic carbocycles. The number of carbonyl (C=O) groups excluding carboxylic acids is 2. The summed E-state index contributed by atoms with van der Waals surface area (Å²) in [5, 5.41) is 2.75. The molecule has 6 heteroatoms. The van der Waals surface area contributed by atoms with Crippen molar-refractivity contribution >= 4 is 17.6 Å². The first-order valence-corrected chi connectivity index (χ1v) is 8.34. The first kappa shape index (κ1) is 18.3. The van der Waals surface area contributed by atoms with E-state index in [1.165, 1.54) is 6.07 Å². The van der Waals surface area contributed by atoms with E-state index in [0.29, 0.717) is 22.8 Å². The van der Waals surface area contributed by atoms with E-state index in [1.807, 2.05) is 6.07 Å². The highest BCUT2D eigenvalue weighted by Crippen LogP contribution is 2.23. The fraction of sp³-hybridized carbons (Fsp3) is 0.143. The molecule has 1 aromatic heterocycles. The number of aryl methyl sites for hydroxylation is 1. The number of hydrogen-bond donors (Lipinski definition) is 1. The van der Waals surface area contributed by atoms with Crippen molar-refractivity contribution in [3.8, 4) is 5.75 Å². The zero-order valence-electron chi connectivity index (χ0n) is 15.0. The average Bonchev–Trinajstić information content (AvgIpc) is 3.13. The number of nitrogens with one attached hydrogen (secondary N) is 1. The SMILES string of the molecule is COc1cccc(NC(=O)C(OC(=O)c2ccc(C)o2)c2ccccc2)c1. The largest absolute Gasteiger partial charge is 0.497 e. The zero-order chi connectivity index (χ0) is 19.2. The highest BCUT2D eigenvalue weighted by atomic mass is 16.6. The molecule has 0 aliphatic rings. The second kappa shape index (κ2) is 8.23. The zero-order valence-corrected chi connectivity index (χ0v) is 15.0. The number of hydrogen-bond acceptors (Lipinski definition) is 5. The number of anilines is 1. The average molecular weight is 365 g/mol. The molecule has 0 saturated heterocycles. The lowest BCUT2D eigenvalue weighted by molar-refractivity contribution is -0.125. The third kappa shape index (κ3) is 4.55. The first-order valence-electron chi connectivity index (χ1n) is 8.34. The third-order valence-corrected chi connectivity index (χ3v) is 3.84. The maximum atomic E-state index is 12.8. The van der Waals surface area contributed by atoms with Crippen molar-refractivity contribution in [1.29, 1.82) is 0 Å². The van der Waals surface area contributed by atoms with Gasteiger partial charge in [-0.1, -0.05) is 36.4 Å². The summed E-state index contributed by atoms with van der Waals surface area (Å²) in [7, 11) is 1.54. The van der Waals surface area contributed by atoms with E-state index < -0.39 is 18.0 Å². The van der Waals surface area contributed by atoms with Crippen molar-refractivity contribution in [3.63, 3.8) is 0 Å². The second-order valence-corrected chi connectivity index (χ2v) is 5.83. The Bertz CT molecular complexity index is 933. The van der Waals surface area contributed by atoms with E-state index in [1.54, 1.807) is 68.6 Å². The number of rotatable bonds is 6. The van der Waals surface area contributed by atoms with Crippen LogP contribution in [0.5, 0.6) is 5.75 Å². The Hall–Kier alpha value is -3.54. The Labute approximate surface area is 156 Å². The number of methoxy groups -OCH3 is 1. The van der Waals surface area contributed by atoms with Crippen molar-refractivity contribution in [2.24, 2.45) is 0 Å². The molecule has 27 heavy (non-hydrogen) atoms. The molecule has 1 heterocycles.